The SMILES string of the molecule is [2H]C([2H])([2H])Oc1nc(C)c(-c2ccn3nc(N)nc3c2)cc1C(=O)CC(C)c1ccccc1OC(F)(F)F. The van der Waals surface area contributed by atoms with Crippen LogP contribution >= 0.6 is 0 Å². The highest BCUT2D eigenvalue weighted by atomic mass is 19.4. The highest BCUT2D eigenvalue weighted by Crippen LogP contribution is 2.35. The van der Waals surface area contributed by atoms with Gasteiger partial charge < -0.3 is 15.2 Å². The largest absolute Gasteiger partial charge is 0.573 e. The molecule has 0 aliphatic heterocycles. The standard InChI is InChI=1S/C24H22F3N5O3/c1-13(16-6-4-5-7-20(16)35-24(25,26)27)10-19(33)18-12-17(14(2)29-22(18)34-3)15-8-9-32-21(11-15)30-23(28)31-32/h4-9,11-13H,10H2,1-3H3,(H2,28,31)/i3D3. The Morgan fingerprint density at radius 3 is 2.74 bits per heavy atom. The number of pyridine rings is 2. The molecule has 1 atom stereocenters. The van der Waals surface area contributed by atoms with Crippen molar-refractivity contribution in [3.63, 3.8) is 0 Å². The van der Waals surface area contributed by atoms with Gasteiger partial charge >= 0.3 is 6.36 Å². The maximum absolute atomic E-state index is 13.4. The third-order valence-corrected chi connectivity index (χ3v) is 5.41. The second kappa shape index (κ2) is 9.24. The number of alkyl halides is 3. The maximum atomic E-state index is 13.4. The molecule has 0 saturated heterocycles. The first-order valence-electron chi connectivity index (χ1n) is 11.9. The summed E-state index contributed by atoms with van der Waals surface area (Å²) in [7, 11) is -2.90. The number of nitrogen functional groups attached to an aromatic ring is 1. The number of aryl methyl sites for hydroxylation is 1. The van der Waals surface area contributed by atoms with Crippen molar-refractivity contribution in [2.75, 3.05) is 12.8 Å². The molecule has 0 aliphatic carbocycles. The van der Waals surface area contributed by atoms with Gasteiger partial charge in [-0.15, -0.1) is 18.3 Å². The van der Waals surface area contributed by atoms with Crippen molar-refractivity contribution in [1.82, 2.24) is 19.6 Å². The number of para-hydroxylation sites is 1. The van der Waals surface area contributed by atoms with Crippen LogP contribution in [0, 0.1) is 6.92 Å². The molecule has 1 unspecified atom stereocenters. The molecule has 0 bridgehead atoms. The van der Waals surface area contributed by atoms with E-state index in [0.717, 1.165) is 6.07 Å². The topological polar surface area (TPSA) is 105 Å². The molecule has 0 fully saturated rings. The van der Waals surface area contributed by atoms with E-state index in [1.807, 2.05) is 0 Å². The van der Waals surface area contributed by atoms with Crippen molar-refractivity contribution >= 4 is 17.4 Å². The van der Waals surface area contributed by atoms with Gasteiger partial charge in [0, 0.05) is 23.9 Å². The summed E-state index contributed by atoms with van der Waals surface area (Å²) < 4.78 is 71.7. The summed E-state index contributed by atoms with van der Waals surface area (Å²) in [6.45, 7) is 3.18. The highest BCUT2D eigenvalue weighted by Gasteiger charge is 2.33. The summed E-state index contributed by atoms with van der Waals surface area (Å²) in [4.78, 5) is 21.8. The summed E-state index contributed by atoms with van der Waals surface area (Å²) in [5, 5.41) is 4.01. The van der Waals surface area contributed by atoms with Gasteiger partial charge in [-0.05, 0) is 48.2 Å². The van der Waals surface area contributed by atoms with E-state index in [1.54, 1.807) is 32.2 Å². The minimum absolute atomic E-state index is 0.0676. The number of nitrogens with two attached hydrogens (primary N) is 1. The van der Waals surface area contributed by atoms with Crippen molar-refractivity contribution in [3.05, 3.63) is 65.5 Å². The average Bonchev–Trinajstić information content (AvgIpc) is 3.16. The molecular weight excluding hydrogens is 463 g/mol. The number of ether oxygens (including phenoxy) is 2. The van der Waals surface area contributed by atoms with Gasteiger partial charge in [0.1, 0.15) is 5.75 Å². The van der Waals surface area contributed by atoms with Crippen molar-refractivity contribution in [2.24, 2.45) is 0 Å². The molecule has 4 aromatic rings. The second-order valence-corrected chi connectivity index (χ2v) is 7.88. The number of methoxy groups -OCH3 is 1. The normalized spacial score (nSPS) is 14.1. The highest BCUT2D eigenvalue weighted by molar-refractivity contribution is 6.00. The maximum Gasteiger partial charge on any atom is 0.573 e. The van der Waals surface area contributed by atoms with Crippen molar-refractivity contribution in [1.29, 1.82) is 0 Å². The molecule has 11 heteroatoms. The Kier molecular flexibility index (Phi) is 5.34. The Balaban J connectivity index is 1.73. The first-order valence-corrected chi connectivity index (χ1v) is 10.4. The fraction of sp³-hybridized carbons (Fsp3) is 0.250. The Bertz CT molecular complexity index is 1510. The van der Waals surface area contributed by atoms with Gasteiger partial charge in [-0.1, -0.05) is 25.1 Å². The Hall–Kier alpha value is -4.15. The summed E-state index contributed by atoms with van der Waals surface area (Å²) in [5.41, 5.74) is 7.57. The first kappa shape index (κ1) is 20.2. The van der Waals surface area contributed by atoms with E-state index in [0.29, 0.717) is 22.5 Å². The number of rotatable bonds is 7. The number of ketones is 1. The Labute approximate surface area is 202 Å². The smallest absolute Gasteiger partial charge is 0.480 e. The van der Waals surface area contributed by atoms with E-state index in [4.69, 9.17) is 14.6 Å². The van der Waals surface area contributed by atoms with Crippen molar-refractivity contribution < 1.29 is 31.6 Å². The fourth-order valence-electron chi connectivity index (χ4n) is 3.82. The molecule has 0 saturated carbocycles. The predicted molar refractivity (Wildman–Crippen MR) is 122 cm³/mol. The molecule has 2 N–H and O–H groups in total. The van der Waals surface area contributed by atoms with Crippen LogP contribution < -0.4 is 15.2 Å². The number of halogens is 3. The van der Waals surface area contributed by atoms with Gasteiger partial charge in [0.15, 0.2) is 11.4 Å². The lowest BCUT2D eigenvalue weighted by Gasteiger charge is -2.18. The molecule has 3 aromatic heterocycles. The zero-order chi connectivity index (χ0) is 27.8. The number of carbonyl (C=O) groups excluding carboxylic acids is 1. The number of carbonyl (C=O) groups is 1. The molecule has 3 heterocycles. The number of aromatic nitrogens is 4. The minimum Gasteiger partial charge on any atom is -0.480 e. The van der Waals surface area contributed by atoms with Crippen LogP contribution in [-0.4, -0.2) is 38.8 Å². The van der Waals surface area contributed by atoms with Crippen LogP contribution in [0.5, 0.6) is 11.6 Å². The summed E-state index contributed by atoms with van der Waals surface area (Å²) in [5.74, 6) is -2.07. The van der Waals surface area contributed by atoms with Crippen molar-refractivity contribution in [3.8, 4) is 22.8 Å². The zero-order valence-corrected chi connectivity index (χ0v) is 18.6. The van der Waals surface area contributed by atoms with E-state index < -0.39 is 36.7 Å². The van der Waals surface area contributed by atoms with Gasteiger partial charge in [0.2, 0.25) is 11.8 Å². The summed E-state index contributed by atoms with van der Waals surface area (Å²) >= 11 is 0. The monoisotopic (exact) mass is 488 g/mol. The number of benzene rings is 1. The molecule has 4 rings (SSSR count). The molecule has 0 amide bonds. The Morgan fingerprint density at radius 1 is 1.23 bits per heavy atom. The second-order valence-electron chi connectivity index (χ2n) is 7.88. The lowest BCUT2D eigenvalue weighted by Crippen LogP contribution is -2.19. The number of fused-ring (bicyclic) bond motifs is 1. The molecule has 35 heavy (non-hydrogen) atoms. The van der Waals surface area contributed by atoms with Crippen LogP contribution in [0.1, 0.15) is 45.0 Å². The van der Waals surface area contributed by atoms with E-state index in [2.05, 4.69) is 19.8 Å². The van der Waals surface area contributed by atoms with E-state index in [9.17, 15) is 18.0 Å². The van der Waals surface area contributed by atoms with Crippen LogP contribution in [0.3, 0.4) is 0 Å². The average molecular weight is 488 g/mol. The quantitative estimate of drug-likeness (QED) is 0.367. The van der Waals surface area contributed by atoms with Gasteiger partial charge in [-0.2, -0.15) is 4.98 Å². The van der Waals surface area contributed by atoms with E-state index in [1.165, 1.54) is 28.8 Å². The lowest BCUT2D eigenvalue weighted by molar-refractivity contribution is -0.274. The van der Waals surface area contributed by atoms with Gasteiger partial charge in [-0.3, -0.25) is 4.79 Å². The van der Waals surface area contributed by atoms with Crippen LogP contribution in [0.2, 0.25) is 0 Å². The Morgan fingerprint density at radius 2 is 2.00 bits per heavy atom. The summed E-state index contributed by atoms with van der Waals surface area (Å²) in [6, 6.07) is 10.3. The van der Waals surface area contributed by atoms with Crippen molar-refractivity contribution in [2.45, 2.75) is 32.5 Å². The molecule has 1 aromatic carbocycles. The lowest BCUT2D eigenvalue weighted by atomic mass is 9.91. The number of hydrogen-bond acceptors (Lipinski definition) is 7. The third kappa shape index (κ3) is 5.18. The molecular formula is C24H22F3N5O3. The minimum atomic E-state index is -4.91. The van der Waals surface area contributed by atoms with Crippen LogP contribution in [0.15, 0.2) is 48.7 Å². The fourth-order valence-corrected chi connectivity index (χ4v) is 3.82. The van der Waals surface area contributed by atoms with Gasteiger partial charge in [0.05, 0.1) is 16.7 Å². The van der Waals surface area contributed by atoms with Crippen LogP contribution in [-0.2, 0) is 0 Å². The van der Waals surface area contributed by atoms with Gasteiger partial charge in [0.25, 0.3) is 0 Å². The number of anilines is 1. The molecule has 0 spiro atoms. The zero-order valence-electron chi connectivity index (χ0n) is 21.6. The number of hydrogen-bond donors (Lipinski definition) is 1. The predicted octanol–water partition coefficient (Wildman–Crippen LogP) is 4.97. The van der Waals surface area contributed by atoms with Crippen LogP contribution in [0.25, 0.3) is 16.8 Å². The van der Waals surface area contributed by atoms with E-state index in [-0.39, 0.29) is 23.5 Å². The van der Waals surface area contributed by atoms with Crippen LogP contribution in [0.4, 0.5) is 19.1 Å². The molecule has 8 nitrogen and oxygen atoms in total. The first-order chi connectivity index (χ1) is 17.7. The number of Topliss-reactive ketones (excluding diaryl/α,β-unsaturated/α-hetero) is 1. The molecule has 182 valence electrons. The molecule has 0 aliphatic rings. The van der Waals surface area contributed by atoms with Gasteiger partial charge in [-0.25, -0.2) is 9.50 Å². The van der Waals surface area contributed by atoms with E-state index >= 15 is 0 Å². The third-order valence-electron chi connectivity index (χ3n) is 5.41. The molecule has 0 radical (unpaired) electrons. The number of nitrogens with zero attached hydrogens (tertiary/aromatic N) is 4. The summed E-state index contributed by atoms with van der Waals surface area (Å²) in [6.07, 6.45) is -3.58.